The van der Waals surface area contributed by atoms with Gasteiger partial charge in [0.05, 0.1) is 6.16 Å². The zero-order valence-corrected chi connectivity index (χ0v) is 27.7. The second-order valence-corrected chi connectivity index (χ2v) is 14.6. The second-order valence-electron chi connectivity index (χ2n) is 11.0. The zero-order chi connectivity index (χ0) is 27.9. The monoisotopic (exact) mass is 614 g/mol. The van der Waals surface area contributed by atoms with E-state index >= 15 is 0 Å². The van der Waals surface area contributed by atoms with Crippen LogP contribution in [0.15, 0.2) is 138 Å². The summed E-state index contributed by atoms with van der Waals surface area (Å²) in [7, 11) is -1.80. The minimum absolute atomic E-state index is 0. The van der Waals surface area contributed by atoms with Crippen LogP contribution in [0.1, 0.15) is 73.1 Å². The molecule has 0 unspecified atom stereocenters. The summed E-state index contributed by atoms with van der Waals surface area (Å²) in [4.78, 5) is 0. The van der Waals surface area contributed by atoms with Crippen molar-refractivity contribution < 1.29 is 17.0 Å². The summed E-state index contributed by atoms with van der Waals surface area (Å²) in [5, 5.41) is 4.35. The SMILES string of the molecule is CC(C)=CCC/C(C)=C/CC/C(C)=C/CC/C(C)=C/C[P+](c1ccccc1)(c1ccccc1)c1ccccc1.[Br-]. The molecule has 0 aliphatic carbocycles. The first-order valence-corrected chi connectivity index (χ1v) is 16.5. The molecule has 0 spiro atoms. The van der Waals surface area contributed by atoms with Crippen molar-refractivity contribution in [3.63, 3.8) is 0 Å². The Labute approximate surface area is 256 Å². The van der Waals surface area contributed by atoms with Crippen LogP contribution in [0.3, 0.4) is 0 Å². The molecule has 212 valence electrons. The Kier molecular flexibility index (Phi) is 15.2. The molecule has 0 radical (unpaired) electrons. The van der Waals surface area contributed by atoms with Crippen molar-refractivity contribution in [2.24, 2.45) is 0 Å². The zero-order valence-electron chi connectivity index (χ0n) is 25.2. The maximum absolute atomic E-state index is 2.53. The Morgan fingerprint density at radius 2 is 0.800 bits per heavy atom. The van der Waals surface area contributed by atoms with Crippen molar-refractivity contribution in [2.75, 3.05) is 6.16 Å². The van der Waals surface area contributed by atoms with Gasteiger partial charge in [0.25, 0.3) is 0 Å². The molecule has 0 aliphatic heterocycles. The van der Waals surface area contributed by atoms with Gasteiger partial charge < -0.3 is 17.0 Å². The lowest BCUT2D eigenvalue weighted by molar-refractivity contribution is -0.00000821. The van der Waals surface area contributed by atoms with Crippen LogP contribution in [0.25, 0.3) is 0 Å². The van der Waals surface area contributed by atoms with Gasteiger partial charge in [-0.25, -0.2) is 0 Å². The lowest BCUT2D eigenvalue weighted by Gasteiger charge is -2.27. The first kappa shape index (κ1) is 33.7. The Balaban J connectivity index is 0.00000560. The lowest BCUT2D eigenvalue weighted by Crippen LogP contribution is -3.00. The Morgan fingerprint density at radius 3 is 1.15 bits per heavy atom. The molecule has 0 nitrogen and oxygen atoms in total. The predicted molar refractivity (Wildman–Crippen MR) is 178 cm³/mol. The van der Waals surface area contributed by atoms with Crippen LogP contribution in [0.4, 0.5) is 0 Å². The van der Waals surface area contributed by atoms with Crippen molar-refractivity contribution in [3.05, 3.63) is 138 Å². The van der Waals surface area contributed by atoms with E-state index < -0.39 is 7.26 Å². The van der Waals surface area contributed by atoms with Crippen molar-refractivity contribution in [3.8, 4) is 0 Å². The van der Waals surface area contributed by atoms with Gasteiger partial charge in [0.2, 0.25) is 0 Å². The number of benzene rings is 3. The predicted octanol–water partition coefficient (Wildman–Crippen LogP) is 7.13. The topological polar surface area (TPSA) is 0 Å². The molecule has 0 amide bonds. The summed E-state index contributed by atoms with van der Waals surface area (Å²) < 4.78 is 0. The second kappa shape index (κ2) is 18.1. The fraction of sp³-hybridized carbons (Fsp3) is 0.316. The highest BCUT2D eigenvalue weighted by molar-refractivity contribution is 7.95. The third-order valence-electron chi connectivity index (χ3n) is 7.46. The van der Waals surface area contributed by atoms with Crippen LogP contribution in [0.5, 0.6) is 0 Å². The normalized spacial score (nSPS) is 12.6. The highest BCUT2D eigenvalue weighted by Crippen LogP contribution is 2.55. The summed E-state index contributed by atoms with van der Waals surface area (Å²) >= 11 is 0. The first-order chi connectivity index (χ1) is 18.9. The smallest absolute Gasteiger partial charge is 0.115 e. The third kappa shape index (κ3) is 10.5. The maximum Gasteiger partial charge on any atom is 0.115 e. The minimum atomic E-state index is -1.80. The van der Waals surface area contributed by atoms with Gasteiger partial charge in [0.15, 0.2) is 0 Å². The molecular weight excluding hydrogens is 567 g/mol. The number of hydrogen-bond donors (Lipinski definition) is 0. The fourth-order valence-corrected chi connectivity index (χ4v) is 9.25. The van der Waals surface area contributed by atoms with Gasteiger partial charge in [-0.3, -0.25) is 0 Å². The van der Waals surface area contributed by atoms with Crippen molar-refractivity contribution in [1.29, 1.82) is 0 Å². The lowest BCUT2D eigenvalue weighted by atomic mass is 10.0. The largest absolute Gasteiger partial charge is 1.00 e. The average Bonchev–Trinajstić information content (AvgIpc) is 2.95. The summed E-state index contributed by atoms with van der Waals surface area (Å²) in [6, 6.07) is 33.6. The molecule has 3 aromatic carbocycles. The van der Waals surface area contributed by atoms with Crippen LogP contribution in [0, 0.1) is 0 Å². The molecule has 40 heavy (non-hydrogen) atoms. The molecule has 0 fully saturated rings. The van der Waals surface area contributed by atoms with Gasteiger partial charge in [-0.1, -0.05) is 95.1 Å². The highest BCUT2D eigenvalue weighted by atomic mass is 79.9. The van der Waals surface area contributed by atoms with Gasteiger partial charge in [0.1, 0.15) is 23.2 Å². The van der Waals surface area contributed by atoms with Gasteiger partial charge in [-0.05, 0) is 116 Å². The number of hydrogen-bond acceptors (Lipinski definition) is 0. The molecule has 0 heterocycles. The van der Waals surface area contributed by atoms with Crippen molar-refractivity contribution in [1.82, 2.24) is 0 Å². The molecule has 0 aromatic heterocycles. The first-order valence-electron chi connectivity index (χ1n) is 14.6. The van der Waals surface area contributed by atoms with E-state index in [2.05, 4.69) is 150 Å². The molecule has 3 rings (SSSR count). The number of halogens is 1. The van der Waals surface area contributed by atoms with E-state index in [-0.39, 0.29) is 17.0 Å². The molecule has 0 atom stereocenters. The van der Waals surface area contributed by atoms with E-state index in [9.17, 15) is 0 Å². The Hall–Kier alpha value is -2.47. The maximum atomic E-state index is 2.53. The molecule has 0 aliphatic rings. The fourth-order valence-electron chi connectivity index (χ4n) is 5.09. The number of rotatable bonds is 14. The summed E-state index contributed by atoms with van der Waals surface area (Å²) in [6.45, 7) is 11.2. The standard InChI is InChI=1S/C38H48P.BrH/c1-32(2)18-15-19-33(3)20-16-21-34(4)22-17-23-35(5)30-31-39(36-24-9-6-10-25-36,37-26-11-7-12-27-37)38-28-13-8-14-29-38;/h6-14,18,20,22,24-30H,15-17,19,21,23,31H2,1-5H3;1H/q+1;/p-1/b33-20+,34-22+,35-30+;. The Bertz CT molecular complexity index is 1150. The molecule has 0 saturated heterocycles. The minimum Gasteiger partial charge on any atom is -1.00 e. The van der Waals surface area contributed by atoms with Crippen molar-refractivity contribution in [2.45, 2.75) is 73.1 Å². The Morgan fingerprint density at radius 1 is 0.475 bits per heavy atom. The van der Waals surface area contributed by atoms with Crippen LogP contribution in [-0.4, -0.2) is 6.16 Å². The number of allylic oxidation sites excluding steroid dienone is 8. The van der Waals surface area contributed by atoms with Gasteiger partial charge in [-0.2, -0.15) is 0 Å². The van der Waals surface area contributed by atoms with Gasteiger partial charge in [0, 0.05) is 0 Å². The summed E-state index contributed by atoms with van der Waals surface area (Å²) in [6.07, 6.45) is 17.7. The van der Waals surface area contributed by atoms with Crippen LogP contribution >= 0.6 is 7.26 Å². The van der Waals surface area contributed by atoms with Gasteiger partial charge >= 0.3 is 0 Å². The van der Waals surface area contributed by atoms with E-state index in [1.165, 1.54) is 44.6 Å². The third-order valence-corrected chi connectivity index (χ3v) is 11.7. The van der Waals surface area contributed by atoms with Gasteiger partial charge in [-0.15, -0.1) is 0 Å². The average molecular weight is 616 g/mol. The van der Waals surface area contributed by atoms with E-state index in [1.54, 1.807) is 0 Å². The molecule has 0 N–H and O–H groups in total. The molecule has 0 saturated carbocycles. The van der Waals surface area contributed by atoms with Crippen LogP contribution < -0.4 is 32.9 Å². The quantitative estimate of drug-likeness (QED) is 0.134. The van der Waals surface area contributed by atoms with Crippen LogP contribution in [0.2, 0.25) is 0 Å². The molecule has 3 aromatic rings. The molecular formula is C38H48BrP. The summed E-state index contributed by atoms with van der Waals surface area (Å²) in [5.41, 5.74) is 5.93. The van der Waals surface area contributed by atoms with E-state index in [0.717, 1.165) is 38.3 Å². The van der Waals surface area contributed by atoms with Crippen LogP contribution in [-0.2, 0) is 0 Å². The highest BCUT2D eigenvalue weighted by Gasteiger charge is 2.44. The van der Waals surface area contributed by atoms with E-state index in [0.29, 0.717) is 0 Å². The molecule has 0 bridgehead atoms. The van der Waals surface area contributed by atoms with Crippen molar-refractivity contribution >= 4 is 23.2 Å². The summed E-state index contributed by atoms with van der Waals surface area (Å²) in [5.74, 6) is 0. The van der Waals surface area contributed by atoms with E-state index in [4.69, 9.17) is 0 Å². The molecule has 2 heteroatoms. The van der Waals surface area contributed by atoms with E-state index in [1.807, 2.05) is 0 Å².